The Morgan fingerprint density at radius 2 is 2.00 bits per heavy atom. The molecule has 0 saturated heterocycles. The number of carbonyl (C=O) groups is 1. The van der Waals surface area contributed by atoms with E-state index in [9.17, 15) is 4.79 Å². The molecule has 0 spiro atoms. The van der Waals surface area contributed by atoms with Crippen LogP contribution in [0.3, 0.4) is 0 Å². The zero-order valence-electron chi connectivity index (χ0n) is 8.93. The summed E-state index contributed by atoms with van der Waals surface area (Å²) in [6, 6.07) is 6.63. The molecule has 5 heteroatoms. The Morgan fingerprint density at radius 3 is 2.71 bits per heavy atom. The van der Waals surface area contributed by atoms with Crippen molar-refractivity contribution in [1.29, 1.82) is 0 Å². The Morgan fingerprint density at radius 1 is 1.24 bits per heavy atom. The van der Waals surface area contributed by atoms with E-state index < -0.39 is 0 Å². The number of hydrogen-bond donors (Lipinski definition) is 1. The van der Waals surface area contributed by atoms with E-state index in [1.54, 1.807) is 30.5 Å². The van der Waals surface area contributed by atoms with E-state index >= 15 is 0 Å². The Kier molecular flexibility index (Phi) is 3.35. The van der Waals surface area contributed by atoms with Gasteiger partial charge in [-0.2, -0.15) is 0 Å². The van der Waals surface area contributed by atoms with Crippen LogP contribution in [0.5, 0.6) is 0 Å². The molecule has 2 aromatic rings. The lowest BCUT2D eigenvalue weighted by molar-refractivity contribution is 0.0993. The number of anilines is 1. The number of hydrogen-bond acceptors (Lipinski definition) is 4. The maximum Gasteiger partial charge on any atom is 0.167 e. The highest BCUT2D eigenvalue weighted by molar-refractivity contribution is 6.29. The Balaban J connectivity index is 2.17. The zero-order chi connectivity index (χ0) is 12.3. The Labute approximate surface area is 103 Å². The normalized spacial score (nSPS) is 10.2. The summed E-state index contributed by atoms with van der Waals surface area (Å²) in [5, 5.41) is 0.310. The zero-order valence-corrected chi connectivity index (χ0v) is 9.69. The monoisotopic (exact) mass is 247 g/mol. The quantitative estimate of drug-likeness (QED) is 0.666. The number of pyridine rings is 2. The SMILES string of the molecule is Nc1cc(CC(=O)c2ccnc(Cl)c2)ccn1. The minimum atomic E-state index is -0.0279. The van der Waals surface area contributed by atoms with Gasteiger partial charge in [0.05, 0.1) is 0 Å². The molecule has 2 rings (SSSR count). The van der Waals surface area contributed by atoms with Gasteiger partial charge in [0.15, 0.2) is 5.78 Å². The average Bonchev–Trinajstić information content (AvgIpc) is 2.29. The molecule has 2 aromatic heterocycles. The maximum absolute atomic E-state index is 11.9. The van der Waals surface area contributed by atoms with Gasteiger partial charge in [0, 0.05) is 24.4 Å². The first-order valence-corrected chi connectivity index (χ1v) is 5.38. The van der Waals surface area contributed by atoms with Crippen molar-refractivity contribution in [2.75, 3.05) is 5.73 Å². The molecule has 0 unspecified atom stereocenters. The third-order valence-electron chi connectivity index (χ3n) is 2.26. The van der Waals surface area contributed by atoms with E-state index in [4.69, 9.17) is 17.3 Å². The van der Waals surface area contributed by atoms with Gasteiger partial charge in [-0.25, -0.2) is 9.97 Å². The first kappa shape index (κ1) is 11.5. The average molecular weight is 248 g/mol. The Bertz CT molecular complexity index is 557. The van der Waals surface area contributed by atoms with Crippen LogP contribution in [0, 0.1) is 0 Å². The molecule has 86 valence electrons. The number of ketones is 1. The number of rotatable bonds is 3. The predicted molar refractivity (Wildman–Crippen MR) is 65.9 cm³/mol. The summed E-state index contributed by atoms with van der Waals surface area (Å²) >= 11 is 5.72. The molecule has 0 bridgehead atoms. The molecule has 0 aliphatic carbocycles. The molecule has 0 aromatic carbocycles. The summed E-state index contributed by atoms with van der Waals surface area (Å²) < 4.78 is 0. The predicted octanol–water partition coefficient (Wildman–Crippen LogP) is 2.14. The molecule has 2 N–H and O–H groups in total. The number of Topliss-reactive ketones (excluding diaryl/α,β-unsaturated/α-hetero) is 1. The van der Waals surface area contributed by atoms with Crippen molar-refractivity contribution in [2.45, 2.75) is 6.42 Å². The second-order valence-corrected chi connectivity index (χ2v) is 3.94. The van der Waals surface area contributed by atoms with Gasteiger partial charge in [-0.15, -0.1) is 0 Å². The van der Waals surface area contributed by atoms with Crippen molar-refractivity contribution in [1.82, 2.24) is 9.97 Å². The van der Waals surface area contributed by atoms with Gasteiger partial charge in [0.1, 0.15) is 11.0 Å². The molecule has 0 aliphatic heterocycles. The van der Waals surface area contributed by atoms with E-state index in [0.717, 1.165) is 5.56 Å². The van der Waals surface area contributed by atoms with Crippen LogP contribution in [0.2, 0.25) is 5.15 Å². The number of nitrogens with zero attached hydrogens (tertiary/aromatic N) is 2. The van der Waals surface area contributed by atoms with Gasteiger partial charge < -0.3 is 5.73 Å². The lowest BCUT2D eigenvalue weighted by Crippen LogP contribution is -2.04. The molecular weight excluding hydrogens is 238 g/mol. The van der Waals surface area contributed by atoms with Crippen molar-refractivity contribution >= 4 is 23.2 Å². The third kappa shape index (κ3) is 3.01. The van der Waals surface area contributed by atoms with Gasteiger partial charge in [-0.05, 0) is 29.8 Å². The van der Waals surface area contributed by atoms with E-state index in [2.05, 4.69) is 9.97 Å². The van der Waals surface area contributed by atoms with Crippen LogP contribution >= 0.6 is 11.6 Å². The highest BCUT2D eigenvalue weighted by Crippen LogP contribution is 2.11. The fraction of sp³-hybridized carbons (Fsp3) is 0.0833. The molecule has 0 fully saturated rings. The van der Waals surface area contributed by atoms with Crippen LogP contribution < -0.4 is 5.73 Å². The Hall–Kier alpha value is -1.94. The summed E-state index contributed by atoms with van der Waals surface area (Å²) in [6.07, 6.45) is 3.36. The van der Waals surface area contributed by atoms with Gasteiger partial charge >= 0.3 is 0 Å². The van der Waals surface area contributed by atoms with Crippen molar-refractivity contribution < 1.29 is 4.79 Å². The smallest absolute Gasteiger partial charge is 0.167 e. The van der Waals surface area contributed by atoms with Gasteiger partial charge in [-0.3, -0.25) is 4.79 Å². The molecule has 0 saturated carbocycles. The number of carbonyl (C=O) groups excluding carboxylic acids is 1. The first-order valence-electron chi connectivity index (χ1n) is 5.00. The minimum Gasteiger partial charge on any atom is -0.384 e. The van der Waals surface area contributed by atoms with Crippen molar-refractivity contribution in [2.24, 2.45) is 0 Å². The number of aromatic nitrogens is 2. The van der Waals surface area contributed by atoms with Crippen LogP contribution in [0.25, 0.3) is 0 Å². The fourth-order valence-electron chi connectivity index (χ4n) is 1.47. The molecule has 17 heavy (non-hydrogen) atoms. The van der Waals surface area contributed by atoms with Crippen molar-refractivity contribution in [3.8, 4) is 0 Å². The van der Waals surface area contributed by atoms with Crippen LogP contribution in [0.1, 0.15) is 15.9 Å². The molecule has 0 radical (unpaired) electrons. The summed E-state index contributed by atoms with van der Waals surface area (Å²) in [4.78, 5) is 19.6. The van der Waals surface area contributed by atoms with E-state index in [-0.39, 0.29) is 12.2 Å². The number of halogens is 1. The molecular formula is C12H10ClN3O. The standard InChI is InChI=1S/C12H10ClN3O/c13-11-7-9(2-4-15-11)10(17)5-8-1-3-16-12(14)6-8/h1-4,6-7H,5H2,(H2,14,16). The highest BCUT2D eigenvalue weighted by Gasteiger charge is 2.08. The van der Waals surface area contributed by atoms with E-state index in [0.29, 0.717) is 16.5 Å². The molecule has 0 atom stereocenters. The third-order valence-corrected chi connectivity index (χ3v) is 2.47. The van der Waals surface area contributed by atoms with Crippen LogP contribution in [-0.4, -0.2) is 15.8 Å². The molecule has 4 nitrogen and oxygen atoms in total. The van der Waals surface area contributed by atoms with Gasteiger partial charge in [0.2, 0.25) is 0 Å². The summed E-state index contributed by atoms with van der Waals surface area (Å²) in [5.41, 5.74) is 6.91. The topological polar surface area (TPSA) is 68.9 Å². The van der Waals surface area contributed by atoms with Crippen molar-refractivity contribution in [3.63, 3.8) is 0 Å². The molecule has 0 amide bonds. The largest absolute Gasteiger partial charge is 0.384 e. The second-order valence-electron chi connectivity index (χ2n) is 3.56. The summed E-state index contributed by atoms with van der Waals surface area (Å²) in [6.45, 7) is 0. The van der Waals surface area contributed by atoms with Crippen LogP contribution in [0.4, 0.5) is 5.82 Å². The van der Waals surface area contributed by atoms with Crippen LogP contribution in [-0.2, 0) is 6.42 Å². The molecule has 2 heterocycles. The maximum atomic E-state index is 11.9. The van der Waals surface area contributed by atoms with Crippen LogP contribution in [0.15, 0.2) is 36.7 Å². The lowest BCUT2D eigenvalue weighted by Gasteiger charge is -2.02. The minimum absolute atomic E-state index is 0.0279. The van der Waals surface area contributed by atoms with Crippen molar-refractivity contribution in [3.05, 3.63) is 52.9 Å². The van der Waals surface area contributed by atoms with E-state index in [1.807, 2.05) is 0 Å². The lowest BCUT2D eigenvalue weighted by atomic mass is 10.1. The first-order chi connectivity index (χ1) is 8.15. The van der Waals surface area contributed by atoms with Gasteiger partial charge in [0.25, 0.3) is 0 Å². The molecule has 0 aliphatic rings. The number of nitrogen functional groups attached to an aromatic ring is 1. The van der Waals surface area contributed by atoms with E-state index in [1.165, 1.54) is 6.20 Å². The summed E-state index contributed by atoms with van der Waals surface area (Å²) in [5.74, 6) is 0.378. The fourth-order valence-corrected chi connectivity index (χ4v) is 1.64. The second kappa shape index (κ2) is 4.93. The summed E-state index contributed by atoms with van der Waals surface area (Å²) in [7, 11) is 0. The number of nitrogens with two attached hydrogens (primary N) is 1. The van der Waals surface area contributed by atoms with Gasteiger partial charge in [-0.1, -0.05) is 11.6 Å². The highest BCUT2D eigenvalue weighted by atomic mass is 35.5.